The van der Waals surface area contributed by atoms with E-state index in [0.717, 1.165) is 30.8 Å². The first-order valence-corrected chi connectivity index (χ1v) is 6.75. The van der Waals surface area contributed by atoms with Crippen LogP contribution in [0.1, 0.15) is 28.1 Å². The van der Waals surface area contributed by atoms with Gasteiger partial charge in [0.1, 0.15) is 21.5 Å². The van der Waals surface area contributed by atoms with Crippen molar-refractivity contribution in [2.24, 2.45) is 0 Å². The number of esters is 1. The van der Waals surface area contributed by atoms with Crippen molar-refractivity contribution in [3.05, 3.63) is 10.4 Å². The van der Waals surface area contributed by atoms with E-state index >= 15 is 0 Å². The highest BCUT2D eigenvalue weighted by atomic mass is 32.1. The van der Waals surface area contributed by atoms with Crippen LogP contribution in [0, 0.1) is 11.3 Å². The Morgan fingerprint density at radius 2 is 2.53 bits per heavy atom. The second-order valence-corrected chi connectivity index (χ2v) is 5.19. The quantitative estimate of drug-likeness (QED) is 0.813. The first-order valence-electron chi connectivity index (χ1n) is 5.93. The van der Waals surface area contributed by atoms with E-state index in [1.54, 1.807) is 0 Å². The molecule has 1 aromatic rings. The van der Waals surface area contributed by atoms with Crippen LogP contribution in [-0.2, 0) is 9.47 Å². The first kappa shape index (κ1) is 13.6. The third kappa shape index (κ3) is 2.80. The fourth-order valence-corrected chi connectivity index (χ4v) is 2.93. The van der Waals surface area contributed by atoms with Gasteiger partial charge in [-0.25, -0.2) is 4.79 Å². The topological polar surface area (TPSA) is 97.4 Å². The van der Waals surface area contributed by atoms with Gasteiger partial charge in [0.15, 0.2) is 0 Å². The van der Waals surface area contributed by atoms with Gasteiger partial charge in [0, 0.05) is 13.2 Å². The zero-order chi connectivity index (χ0) is 13.8. The van der Waals surface area contributed by atoms with E-state index < -0.39 is 5.97 Å². The van der Waals surface area contributed by atoms with Crippen LogP contribution in [-0.4, -0.2) is 32.3 Å². The standard InChI is InChI=1S/C12H15N3O3S/c1-17-12(16)10-9(14)8(5-13)11(19-10)15-6-7-3-2-4-18-7/h7,15H,2-4,6,14H2,1H3. The summed E-state index contributed by atoms with van der Waals surface area (Å²) in [4.78, 5) is 11.8. The molecule has 1 unspecified atom stereocenters. The highest BCUT2D eigenvalue weighted by Crippen LogP contribution is 2.35. The van der Waals surface area contributed by atoms with E-state index in [2.05, 4.69) is 10.1 Å². The fraction of sp³-hybridized carbons (Fsp3) is 0.500. The number of nitrogen functional groups attached to an aromatic ring is 1. The van der Waals surface area contributed by atoms with Gasteiger partial charge >= 0.3 is 5.97 Å². The fourth-order valence-electron chi connectivity index (χ4n) is 1.94. The number of hydrogen-bond donors (Lipinski definition) is 2. The van der Waals surface area contributed by atoms with E-state index in [1.807, 2.05) is 6.07 Å². The number of nitriles is 1. The Labute approximate surface area is 115 Å². The Hall–Kier alpha value is -1.78. The molecule has 102 valence electrons. The van der Waals surface area contributed by atoms with Crippen molar-refractivity contribution in [2.45, 2.75) is 18.9 Å². The second kappa shape index (κ2) is 5.91. The number of carbonyl (C=O) groups excluding carboxylic acids is 1. The van der Waals surface area contributed by atoms with Crippen molar-refractivity contribution < 1.29 is 14.3 Å². The zero-order valence-corrected chi connectivity index (χ0v) is 11.4. The summed E-state index contributed by atoms with van der Waals surface area (Å²) < 4.78 is 10.1. The molecule has 1 fully saturated rings. The molecule has 0 amide bonds. The molecule has 1 aliphatic heterocycles. The zero-order valence-electron chi connectivity index (χ0n) is 10.6. The van der Waals surface area contributed by atoms with Gasteiger partial charge in [-0.2, -0.15) is 5.26 Å². The number of methoxy groups -OCH3 is 1. The van der Waals surface area contributed by atoms with Gasteiger partial charge in [0.05, 0.1) is 18.9 Å². The predicted octanol–water partition coefficient (Wildman–Crippen LogP) is 1.58. The van der Waals surface area contributed by atoms with Crippen LogP contribution in [0.15, 0.2) is 0 Å². The number of carbonyl (C=O) groups is 1. The van der Waals surface area contributed by atoms with Crippen LogP contribution < -0.4 is 11.1 Å². The smallest absolute Gasteiger partial charge is 0.350 e. The largest absolute Gasteiger partial charge is 0.465 e. The lowest BCUT2D eigenvalue weighted by molar-refractivity contribution is 0.0607. The molecule has 0 saturated carbocycles. The molecule has 7 heteroatoms. The maximum Gasteiger partial charge on any atom is 0.350 e. The second-order valence-electron chi connectivity index (χ2n) is 4.17. The number of nitrogens with zero attached hydrogens (tertiary/aromatic N) is 1. The lowest BCUT2D eigenvalue weighted by atomic mass is 10.2. The van der Waals surface area contributed by atoms with E-state index in [4.69, 9.17) is 15.7 Å². The van der Waals surface area contributed by atoms with E-state index in [-0.39, 0.29) is 16.7 Å². The molecular formula is C12H15N3O3S. The third-order valence-corrected chi connectivity index (χ3v) is 4.09. The lowest BCUT2D eigenvalue weighted by Crippen LogP contribution is -2.18. The summed E-state index contributed by atoms with van der Waals surface area (Å²) >= 11 is 1.14. The summed E-state index contributed by atoms with van der Waals surface area (Å²) in [6.45, 7) is 1.38. The first-order chi connectivity index (χ1) is 9.17. The predicted molar refractivity (Wildman–Crippen MR) is 72.2 cm³/mol. The van der Waals surface area contributed by atoms with Crippen molar-refractivity contribution in [2.75, 3.05) is 31.3 Å². The van der Waals surface area contributed by atoms with Crippen molar-refractivity contribution in [3.63, 3.8) is 0 Å². The van der Waals surface area contributed by atoms with Crippen LogP contribution in [0.4, 0.5) is 10.7 Å². The molecule has 1 aromatic heterocycles. The van der Waals surface area contributed by atoms with Gasteiger partial charge in [0.2, 0.25) is 0 Å². The van der Waals surface area contributed by atoms with Crippen LogP contribution in [0.2, 0.25) is 0 Å². The monoisotopic (exact) mass is 281 g/mol. The summed E-state index contributed by atoms with van der Waals surface area (Å²) in [6, 6.07) is 2.01. The maximum atomic E-state index is 11.5. The normalized spacial score (nSPS) is 18.0. The average molecular weight is 281 g/mol. The minimum atomic E-state index is -0.524. The summed E-state index contributed by atoms with van der Waals surface area (Å²) in [5.41, 5.74) is 6.26. The number of nitrogens with one attached hydrogen (secondary N) is 1. The SMILES string of the molecule is COC(=O)c1sc(NCC2CCCO2)c(C#N)c1N. The number of nitrogens with two attached hydrogens (primary N) is 1. The summed E-state index contributed by atoms with van der Waals surface area (Å²) in [6.07, 6.45) is 2.20. The van der Waals surface area contributed by atoms with Crippen LogP contribution in [0.3, 0.4) is 0 Å². The summed E-state index contributed by atoms with van der Waals surface area (Å²) in [5, 5.41) is 12.8. The lowest BCUT2D eigenvalue weighted by Gasteiger charge is -2.10. The molecule has 0 radical (unpaired) electrons. The van der Waals surface area contributed by atoms with Crippen molar-refractivity contribution in [3.8, 4) is 6.07 Å². The van der Waals surface area contributed by atoms with Gasteiger partial charge in [0.25, 0.3) is 0 Å². The summed E-state index contributed by atoms with van der Waals surface area (Å²) in [7, 11) is 1.28. The summed E-state index contributed by atoms with van der Waals surface area (Å²) in [5.74, 6) is -0.524. The van der Waals surface area contributed by atoms with Crippen molar-refractivity contribution in [1.82, 2.24) is 0 Å². The number of thiophene rings is 1. The molecule has 0 spiro atoms. The van der Waals surface area contributed by atoms with Crippen molar-refractivity contribution in [1.29, 1.82) is 5.26 Å². The van der Waals surface area contributed by atoms with Gasteiger partial charge < -0.3 is 20.5 Å². The Morgan fingerprint density at radius 1 is 1.74 bits per heavy atom. The molecule has 2 heterocycles. The van der Waals surface area contributed by atoms with Crippen LogP contribution in [0.5, 0.6) is 0 Å². The number of hydrogen-bond acceptors (Lipinski definition) is 7. The van der Waals surface area contributed by atoms with Crippen molar-refractivity contribution >= 4 is 28.0 Å². The van der Waals surface area contributed by atoms with E-state index in [9.17, 15) is 4.79 Å². The molecule has 0 aliphatic carbocycles. The molecule has 0 aromatic carbocycles. The van der Waals surface area contributed by atoms with Gasteiger partial charge in [-0.05, 0) is 12.8 Å². The molecule has 19 heavy (non-hydrogen) atoms. The Kier molecular flexibility index (Phi) is 4.24. The van der Waals surface area contributed by atoms with Gasteiger partial charge in [-0.3, -0.25) is 0 Å². The average Bonchev–Trinajstić information content (AvgIpc) is 3.03. The highest BCUT2D eigenvalue weighted by molar-refractivity contribution is 7.18. The van der Waals surface area contributed by atoms with E-state index in [1.165, 1.54) is 7.11 Å². The van der Waals surface area contributed by atoms with E-state index in [0.29, 0.717) is 17.1 Å². The maximum absolute atomic E-state index is 11.5. The van der Waals surface area contributed by atoms with Gasteiger partial charge in [-0.15, -0.1) is 11.3 Å². The number of rotatable bonds is 4. The van der Waals surface area contributed by atoms with Gasteiger partial charge in [-0.1, -0.05) is 0 Å². The molecule has 6 nitrogen and oxygen atoms in total. The minimum Gasteiger partial charge on any atom is -0.465 e. The molecule has 1 atom stereocenters. The molecule has 0 bridgehead atoms. The van der Waals surface area contributed by atoms with Crippen LogP contribution in [0.25, 0.3) is 0 Å². The Balaban J connectivity index is 2.15. The molecular weight excluding hydrogens is 266 g/mol. The number of ether oxygens (including phenoxy) is 2. The molecule has 1 saturated heterocycles. The molecule has 2 rings (SSSR count). The van der Waals surface area contributed by atoms with Crippen LogP contribution >= 0.6 is 11.3 Å². The minimum absolute atomic E-state index is 0.149. The Bertz CT molecular complexity index is 515. The molecule has 3 N–H and O–H groups in total. The number of anilines is 2. The third-order valence-electron chi connectivity index (χ3n) is 2.94. The highest BCUT2D eigenvalue weighted by Gasteiger charge is 2.23. The Morgan fingerprint density at radius 3 is 3.11 bits per heavy atom. The molecule has 1 aliphatic rings.